The highest BCUT2D eigenvalue weighted by Crippen LogP contribution is 2.20. The Morgan fingerprint density at radius 1 is 1.19 bits per heavy atom. The van der Waals surface area contributed by atoms with Crippen molar-refractivity contribution >= 4 is 29.9 Å². The Bertz CT molecular complexity index is 682. The summed E-state index contributed by atoms with van der Waals surface area (Å²) in [6.45, 7) is 9.18. The highest BCUT2D eigenvalue weighted by atomic mass is 127. The molecule has 142 valence electrons. The van der Waals surface area contributed by atoms with Gasteiger partial charge in [-0.15, -0.1) is 24.0 Å². The largest absolute Gasteiger partial charge is 0.469 e. The Kier molecular flexibility index (Phi) is 9.43. The van der Waals surface area contributed by atoms with Gasteiger partial charge in [-0.2, -0.15) is 0 Å². The summed E-state index contributed by atoms with van der Waals surface area (Å²) in [5.74, 6) is 1.56. The van der Waals surface area contributed by atoms with Gasteiger partial charge in [-0.3, -0.25) is 0 Å². The molecule has 1 aromatic carbocycles. The molecule has 6 heteroatoms. The molecule has 1 unspecified atom stereocenters. The smallest absolute Gasteiger partial charge is 0.191 e. The maximum atomic E-state index is 10.7. The van der Waals surface area contributed by atoms with Crippen molar-refractivity contribution in [2.45, 2.75) is 25.9 Å². The monoisotopic (exact) mass is 469 g/mol. The number of benzene rings is 1. The third-order valence-electron chi connectivity index (χ3n) is 3.74. The van der Waals surface area contributed by atoms with E-state index in [0.29, 0.717) is 19.0 Å². The zero-order chi connectivity index (χ0) is 18.1. The summed E-state index contributed by atoms with van der Waals surface area (Å²) in [6.07, 6.45) is 2.43. The molecule has 0 fully saturated rings. The van der Waals surface area contributed by atoms with Gasteiger partial charge in [-0.05, 0) is 31.5 Å². The van der Waals surface area contributed by atoms with E-state index in [2.05, 4.69) is 22.2 Å². The Morgan fingerprint density at radius 2 is 1.92 bits per heavy atom. The van der Waals surface area contributed by atoms with E-state index in [4.69, 9.17) is 4.42 Å². The summed E-state index contributed by atoms with van der Waals surface area (Å²) in [5, 5.41) is 17.2. The van der Waals surface area contributed by atoms with Gasteiger partial charge in [0.2, 0.25) is 0 Å². The summed E-state index contributed by atoms with van der Waals surface area (Å²) in [7, 11) is 0. The number of hydrogen-bond acceptors (Lipinski definition) is 3. The number of nitrogens with zero attached hydrogens (tertiary/aromatic N) is 1. The second-order valence-electron chi connectivity index (χ2n) is 6.37. The van der Waals surface area contributed by atoms with E-state index in [9.17, 15) is 5.11 Å². The topological polar surface area (TPSA) is 69.8 Å². The number of nitrogens with one attached hydrogen (secondary N) is 2. The molecule has 3 N–H and O–H groups in total. The molecule has 0 aliphatic carbocycles. The van der Waals surface area contributed by atoms with Gasteiger partial charge in [0, 0.05) is 19.5 Å². The summed E-state index contributed by atoms with van der Waals surface area (Å²) in [5.41, 5.74) is 0.823. The molecule has 0 saturated heterocycles. The minimum atomic E-state index is -1.03. The van der Waals surface area contributed by atoms with E-state index < -0.39 is 5.60 Å². The third kappa shape index (κ3) is 7.61. The average molecular weight is 469 g/mol. The molecule has 1 aromatic heterocycles. The van der Waals surface area contributed by atoms with Crippen molar-refractivity contribution in [1.29, 1.82) is 0 Å². The maximum Gasteiger partial charge on any atom is 0.191 e. The fraction of sp³-hybridized carbons (Fsp3) is 0.350. The van der Waals surface area contributed by atoms with Crippen LogP contribution in [0.5, 0.6) is 0 Å². The van der Waals surface area contributed by atoms with Crippen LogP contribution in [0.4, 0.5) is 0 Å². The lowest BCUT2D eigenvalue weighted by molar-refractivity contribution is 0.0672. The predicted octanol–water partition coefficient (Wildman–Crippen LogP) is 3.46. The number of furan rings is 1. The first-order valence-corrected chi connectivity index (χ1v) is 8.44. The van der Waals surface area contributed by atoms with Crippen LogP contribution in [-0.2, 0) is 12.0 Å². The molecule has 0 spiro atoms. The van der Waals surface area contributed by atoms with Crippen LogP contribution in [0.25, 0.3) is 0 Å². The highest BCUT2D eigenvalue weighted by molar-refractivity contribution is 14.0. The van der Waals surface area contributed by atoms with Gasteiger partial charge < -0.3 is 20.2 Å². The normalized spacial score (nSPS) is 13.4. The molecule has 0 bridgehead atoms. The SMILES string of the molecule is C=C(C)CNC(=NCC(C)(O)c1ccccc1)NCCc1ccco1.I. The fourth-order valence-corrected chi connectivity index (χ4v) is 2.29. The lowest BCUT2D eigenvalue weighted by atomic mass is 9.96. The van der Waals surface area contributed by atoms with Gasteiger partial charge in [-0.25, -0.2) is 4.99 Å². The van der Waals surface area contributed by atoms with Crippen LogP contribution < -0.4 is 10.6 Å². The standard InChI is InChI=1S/C20H27N3O2.HI/c1-16(2)14-22-19(21-12-11-18-10-7-13-25-18)23-15-20(3,24)17-8-5-4-6-9-17;/h4-10,13,24H,1,11-12,14-15H2,2-3H3,(H2,21,22,23);1H. The maximum absolute atomic E-state index is 10.7. The van der Waals surface area contributed by atoms with Crippen LogP contribution in [-0.4, -0.2) is 30.7 Å². The first-order chi connectivity index (χ1) is 12.0. The third-order valence-corrected chi connectivity index (χ3v) is 3.74. The zero-order valence-electron chi connectivity index (χ0n) is 15.4. The minimum absolute atomic E-state index is 0. The van der Waals surface area contributed by atoms with Crippen LogP contribution in [0, 0.1) is 0 Å². The Morgan fingerprint density at radius 3 is 2.54 bits per heavy atom. The van der Waals surface area contributed by atoms with Crippen molar-refractivity contribution in [2.75, 3.05) is 19.6 Å². The van der Waals surface area contributed by atoms with Crippen LogP contribution in [0.2, 0.25) is 0 Å². The van der Waals surface area contributed by atoms with Crippen LogP contribution >= 0.6 is 24.0 Å². The second kappa shape index (κ2) is 11.0. The van der Waals surface area contributed by atoms with Gasteiger partial charge in [0.1, 0.15) is 11.4 Å². The number of rotatable bonds is 8. The quantitative estimate of drug-likeness (QED) is 0.240. The molecule has 0 saturated carbocycles. The molecule has 1 heterocycles. The summed E-state index contributed by atoms with van der Waals surface area (Å²) in [6, 6.07) is 13.4. The van der Waals surface area contributed by atoms with E-state index in [1.54, 1.807) is 13.2 Å². The Hall–Kier alpha value is -1.80. The van der Waals surface area contributed by atoms with Gasteiger partial charge in [0.25, 0.3) is 0 Å². The second-order valence-corrected chi connectivity index (χ2v) is 6.37. The number of hydrogen-bond donors (Lipinski definition) is 3. The van der Waals surface area contributed by atoms with Crippen molar-refractivity contribution in [3.05, 3.63) is 72.2 Å². The minimum Gasteiger partial charge on any atom is -0.469 e. The van der Waals surface area contributed by atoms with Crippen LogP contribution in [0.15, 0.2) is 70.3 Å². The average Bonchev–Trinajstić information content (AvgIpc) is 3.11. The molecular formula is C20H28IN3O2. The number of aliphatic imine (C=N–C) groups is 1. The summed E-state index contributed by atoms with van der Waals surface area (Å²) >= 11 is 0. The van der Waals surface area contributed by atoms with Crippen LogP contribution in [0.3, 0.4) is 0 Å². The molecule has 0 amide bonds. The molecule has 0 aliphatic heterocycles. The van der Waals surface area contributed by atoms with E-state index >= 15 is 0 Å². The van der Waals surface area contributed by atoms with Crippen molar-refractivity contribution in [3.8, 4) is 0 Å². The first kappa shape index (κ1) is 22.2. The Balaban J connectivity index is 0.00000338. The summed E-state index contributed by atoms with van der Waals surface area (Å²) in [4.78, 5) is 4.54. The molecule has 26 heavy (non-hydrogen) atoms. The first-order valence-electron chi connectivity index (χ1n) is 8.44. The number of aliphatic hydroxyl groups is 1. The number of guanidine groups is 1. The Labute approximate surface area is 172 Å². The van der Waals surface area contributed by atoms with Crippen LogP contribution in [0.1, 0.15) is 25.2 Å². The molecule has 5 nitrogen and oxygen atoms in total. The van der Waals surface area contributed by atoms with Crippen molar-refractivity contribution in [3.63, 3.8) is 0 Å². The molecule has 0 radical (unpaired) electrons. The van der Waals surface area contributed by atoms with E-state index in [1.807, 2.05) is 49.4 Å². The van der Waals surface area contributed by atoms with E-state index in [0.717, 1.165) is 23.3 Å². The van der Waals surface area contributed by atoms with Gasteiger partial charge in [-0.1, -0.05) is 42.5 Å². The lowest BCUT2D eigenvalue weighted by Gasteiger charge is -2.22. The van der Waals surface area contributed by atoms with Gasteiger partial charge in [0.05, 0.1) is 12.8 Å². The highest BCUT2D eigenvalue weighted by Gasteiger charge is 2.22. The molecule has 0 aliphatic rings. The van der Waals surface area contributed by atoms with Crippen molar-refractivity contribution in [1.82, 2.24) is 10.6 Å². The summed E-state index contributed by atoms with van der Waals surface area (Å²) < 4.78 is 5.33. The molecular weight excluding hydrogens is 441 g/mol. The predicted molar refractivity (Wildman–Crippen MR) is 117 cm³/mol. The molecule has 2 aromatic rings. The van der Waals surface area contributed by atoms with E-state index in [1.165, 1.54) is 0 Å². The fourth-order valence-electron chi connectivity index (χ4n) is 2.29. The lowest BCUT2D eigenvalue weighted by Crippen LogP contribution is -2.40. The molecule has 1 atom stereocenters. The molecule has 2 rings (SSSR count). The van der Waals surface area contributed by atoms with E-state index in [-0.39, 0.29) is 30.5 Å². The number of halogens is 1. The van der Waals surface area contributed by atoms with Crippen molar-refractivity contribution in [2.24, 2.45) is 4.99 Å². The van der Waals surface area contributed by atoms with Gasteiger partial charge in [0.15, 0.2) is 5.96 Å². The van der Waals surface area contributed by atoms with Gasteiger partial charge >= 0.3 is 0 Å². The van der Waals surface area contributed by atoms with Crippen molar-refractivity contribution < 1.29 is 9.52 Å². The zero-order valence-corrected chi connectivity index (χ0v) is 17.7.